The number of esters is 1. The van der Waals surface area contributed by atoms with Crippen LogP contribution in [-0.2, 0) is 38.7 Å². The summed E-state index contributed by atoms with van der Waals surface area (Å²) in [6.45, 7) is 7.09. The number of hydrogen-bond acceptors (Lipinski definition) is 7. The highest BCUT2D eigenvalue weighted by Gasteiger charge is 2.59. The molecule has 4 atom stereocenters. The second-order valence-electron chi connectivity index (χ2n) is 5.00. The van der Waals surface area contributed by atoms with E-state index >= 15 is 0 Å². The molecule has 2 heterocycles. The molecule has 0 bridgehead atoms. The van der Waals surface area contributed by atoms with Crippen LogP contribution in [0.3, 0.4) is 0 Å². The predicted molar refractivity (Wildman–Crippen MR) is 64.0 cm³/mol. The van der Waals surface area contributed by atoms with E-state index in [0.717, 1.165) is 0 Å². The topological polar surface area (TPSA) is 80.3 Å². The number of hydrogen-bond donors (Lipinski definition) is 0. The third kappa shape index (κ3) is 2.82. The summed E-state index contributed by atoms with van der Waals surface area (Å²) in [6, 6.07) is 0. The molecule has 1 unspecified atom stereocenters. The third-order valence-electron chi connectivity index (χ3n) is 3.02. The molecule has 0 amide bonds. The molecule has 0 radical (unpaired) electrons. The third-order valence-corrected chi connectivity index (χ3v) is 3.86. The predicted octanol–water partition coefficient (Wildman–Crippen LogP) is 0.454. The maximum atomic E-state index is 12.0. The first kappa shape index (κ1) is 14.9. The average Bonchev–Trinajstić information content (AvgIpc) is 2.80. The van der Waals surface area contributed by atoms with Gasteiger partial charge in [-0.15, -0.1) is 0 Å². The van der Waals surface area contributed by atoms with Gasteiger partial charge < -0.3 is 14.2 Å². The molecule has 8 heteroatoms. The van der Waals surface area contributed by atoms with Crippen molar-refractivity contribution in [1.29, 1.82) is 0 Å². The van der Waals surface area contributed by atoms with Gasteiger partial charge in [-0.3, -0.25) is 4.18 Å². The standard InChI is InChI=1S/C11H18O7S/c1-5-14-9(12)11(4)8(17-19(13)18-11)7-6-15-10(2,3)16-7/h7-8H,5-6H2,1-4H3/t7-,8+,11-,19?/m1/s1. The van der Waals surface area contributed by atoms with Crippen molar-refractivity contribution in [3.63, 3.8) is 0 Å². The van der Waals surface area contributed by atoms with E-state index in [9.17, 15) is 9.00 Å². The van der Waals surface area contributed by atoms with Gasteiger partial charge >= 0.3 is 17.3 Å². The van der Waals surface area contributed by atoms with E-state index in [2.05, 4.69) is 0 Å². The van der Waals surface area contributed by atoms with Crippen LogP contribution in [-0.4, -0.2) is 47.0 Å². The summed E-state index contributed by atoms with van der Waals surface area (Å²) in [5.41, 5.74) is -1.46. The zero-order chi connectivity index (χ0) is 14.3. The van der Waals surface area contributed by atoms with E-state index in [1.807, 2.05) is 0 Å². The van der Waals surface area contributed by atoms with Gasteiger partial charge in [-0.05, 0) is 27.7 Å². The Hall–Kier alpha value is -0.540. The van der Waals surface area contributed by atoms with Crippen molar-refractivity contribution < 1.29 is 31.6 Å². The van der Waals surface area contributed by atoms with Crippen LogP contribution in [0.4, 0.5) is 0 Å². The molecule has 2 aliphatic rings. The molecule has 2 saturated heterocycles. The fraction of sp³-hybridized carbons (Fsp3) is 0.909. The van der Waals surface area contributed by atoms with Gasteiger partial charge in [0.1, 0.15) is 12.2 Å². The summed E-state index contributed by atoms with van der Waals surface area (Å²) >= 11 is -2.00. The average molecular weight is 294 g/mol. The molecule has 0 aromatic rings. The van der Waals surface area contributed by atoms with Gasteiger partial charge in [0.2, 0.25) is 5.60 Å². The van der Waals surface area contributed by atoms with Gasteiger partial charge in [0.05, 0.1) is 13.2 Å². The highest BCUT2D eigenvalue weighted by molar-refractivity contribution is 7.75. The molecule has 110 valence electrons. The van der Waals surface area contributed by atoms with E-state index in [1.165, 1.54) is 6.92 Å². The van der Waals surface area contributed by atoms with Crippen LogP contribution < -0.4 is 0 Å². The van der Waals surface area contributed by atoms with Gasteiger partial charge in [0.15, 0.2) is 5.79 Å². The molecular formula is C11H18O7S. The number of ether oxygens (including phenoxy) is 3. The Bertz CT molecular complexity index is 397. The summed E-state index contributed by atoms with van der Waals surface area (Å²) in [5.74, 6) is -1.40. The maximum Gasteiger partial charge on any atom is 0.342 e. The zero-order valence-corrected chi connectivity index (χ0v) is 12.2. The number of carbonyl (C=O) groups excluding carboxylic acids is 1. The lowest BCUT2D eigenvalue weighted by Crippen LogP contribution is -2.52. The highest BCUT2D eigenvalue weighted by Crippen LogP contribution is 2.37. The molecule has 2 rings (SSSR count). The van der Waals surface area contributed by atoms with Gasteiger partial charge in [0.25, 0.3) is 0 Å². The van der Waals surface area contributed by atoms with Crippen LogP contribution in [0.5, 0.6) is 0 Å². The summed E-state index contributed by atoms with van der Waals surface area (Å²) < 4.78 is 37.7. The number of carbonyl (C=O) groups is 1. The fourth-order valence-electron chi connectivity index (χ4n) is 2.09. The minimum absolute atomic E-state index is 0.199. The minimum Gasteiger partial charge on any atom is -0.464 e. The van der Waals surface area contributed by atoms with E-state index in [1.54, 1.807) is 20.8 Å². The van der Waals surface area contributed by atoms with Crippen LogP contribution in [0.2, 0.25) is 0 Å². The van der Waals surface area contributed by atoms with E-state index in [-0.39, 0.29) is 13.2 Å². The smallest absolute Gasteiger partial charge is 0.342 e. The largest absolute Gasteiger partial charge is 0.464 e. The molecular weight excluding hydrogens is 276 g/mol. The van der Waals surface area contributed by atoms with Gasteiger partial charge in [-0.2, -0.15) is 4.21 Å². The van der Waals surface area contributed by atoms with Gasteiger partial charge in [-0.1, -0.05) is 0 Å². The molecule has 2 fully saturated rings. The Morgan fingerprint density at radius 3 is 2.63 bits per heavy atom. The highest BCUT2D eigenvalue weighted by atomic mass is 32.2. The summed E-state index contributed by atoms with van der Waals surface area (Å²) in [4.78, 5) is 12.0. The zero-order valence-electron chi connectivity index (χ0n) is 11.3. The van der Waals surface area contributed by atoms with Crippen LogP contribution in [0.15, 0.2) is 0 Å². The van der Waals surface area contributed by atoms with Crippen LogP contribution >= 0.6 is 0 Å². The minimum atomic E-state index is -2.00. The molecule has 7 nitrogen and oxygen atoms in total. The summed E-state index contributed by atoms with van der Waals surface area (Å²) in [7, 11) is 0. The Labute approximate surface area is 114 Å². The van der Waals surface area contributed by atoms with Crippen LogP contribution in [0, 0.1) is 0 Å². The monoisotopic (exact) mass is 294 g/mol. The van der Waals surface area contributed by atoms with E-state index in [4.69, 9.17) is 22.6 Å². The first-order chi connectivity index (χ1) is 8.78. The molecule has 0 N–H and O–H groups in total. The quantitative estimate of drug-likeness (QED) is 0.699. The lowest BCUT2D eigenvalue weighted by atomic mass is 9.95. The molecule has 0 spiro atoms. The maximum absolute atomic E-state index is 12.0. The second kappa shape index (κ2) is 5.10. The van der Waals surface area contributed by atoms with Gasteiger partial charge in [0, 0.05) is 0 Å². The van der Waals surface area contributed by atoms with Crippen molar-refractivity contribution in [3.05, 3.63) is 0 Å². The Morgan fingerprint density at radius 1 is 1.42 bits per heavy atom. The molecule has 0 aliphatic carbocycles. The number of rotatable bonds is 3. The van der Waals surface area contributed by atoms with Crippen molar-refractivity contribution in [3.8, 4) is 0 Å². The Morgan fingerprint density at radius 2 is 2.11 bits per heavy atom. The Kier molecular flexibility index (Phi) is 3.99. The normalized spacial score (nSPS) is 41.4. The van der Waals surface area contributed by atoms with Crippen molar-refractivity contribution >= 4 is 17.3 Å². The Balaban J connectivity index is 2.18. The molecule has 2 aliphatic heterocycles. The summed E-state index contributed by atoms with van der Waals surface area (Å²) in [6.07, 6.45) is -1.38. The first-order valence-corrected chi connectivity index (χ1v) is 7.06. The SMILES string of the molecule is CCOC(=O)[C@]1(C)OS(=O)O[C@H]1[C@H]1COC(C)(C)O1. The van der Waals surface area contributed by atoms with Crippen molar-refractivity contribution in [2.75, 3.05) is 13.2 Å². The molecule has 0 aromatic carbocycles. The van der Waals surface area contributed by atoms with Gasteiger partial charge in [-0.25, -0.2) is 8.98 Å². The summed E-state index contributed by atoms with van der Waals surface area (Å²) in [5, 5.41) is 0. The van der Waals surface area contributed by atoms with Crippen molar-refractivity contribution in [2.24, 2.45) is 0 Å². The fourth-order valence-corrected chi connectivity index (χ4v) is 3.05. The van der Waals surface area contributed by atoms with Crippen molar-refractivity contribution in [1.82, 2.24) is 0 Å². The van der Waals surface area contributed by atoms with Crippen LogP contribution in [0.1, 0.15) is 27.7 Å². The van der Waals surface area contributed by atoms with E-state index < -0.39 is 40.9 Å². The lowest BCUT2D eigenvalue weighted by Gasteiger charge is -2.27. The lowest BCUT2D eigenvalue weighted by molar-refractivity contribution is -0.175. The van der Waals surface area contributed by atoms with Crippen LogP contribution in [0.25, 0.3) is 0 Å². The molecule has 0 saturated carbocycles. The first-order valence-electron chi connectivity index (χ1n) is 6.06. The molecule has 19 heavy (non-hydrogen) atoms. The second-order valence-corrected chi connectivity index (χ2v) is 5.77. The molecule has 0 aromatic heterocycles. The van der Waals surface area contributed by atoms with Crippen molar-refractivity contribution in [2.45, 2.75) is 51.3 Å². The van der Waals surface area contributed by atoms with E-state index in [0.29, 0.717) is 0 Å².